The highest BCUT2D eigenvalue weighted by atomic mass is 16.7. The molecule has 62 heavy (non-hydrogen) atoms. The van der Waals surface area contributed by atoms with Crippen LogP contribution in [0.3, 0.4) is 0 Å². The van der Waals surface area contributed by atoms with Gasteiger partial charge >= 0.3 is 11.9 Å². The van der Waals surface area contributed by atoms with Gasteiger partial charge < -0.3 is 33.3 Å². The van der Waals surface area contributed by atoms with Crippen molar-refractivity contribution in [2.75, 3.05) is 47.5 Å². The van der Waals surface area contributed by atoms with Crippen molar-refractivity contribution in [1.29, 1.82) is 0 Å². The highest BCUT2D eigenvalue weighted by molar-refractivity contribution is 5.70. The number of hydrogen-bond donors (Lipinski definition) is 0. The molecule has 0 aliphatic carbocycles. The average molecular weight is 870 g/mol. The Kier molecular flexibility index (Phi) is 42.0. The van der Waals surface area contributed by atoms with E-state index in [0.717, 1.165) is 96.3 Å². The minimum Gasteiger partial charge on any atom is -0.545 e. The zero-order valence-electron chi connectivity index (χ0n) is 40.2. The number of carboxylic acids is 1. The van der Waals surface area contributed by atoms with Crippen molar-refractivity contribution in [1.82, 2.24) is 0 Å². The van der Waals surface area contributed by atoms with Crippen LogP contribution in [0.25, 0.3) is 0 Å². The first kappa shape index (κ1) is 58.7. The molecule has 0 amide bonds. The third-order valence-electron chi connectivity index (χ3n) is 10.2. The van der Waals surface area contributed by atoms with E-state index in [1.165, 1.54) is 57.8 Å². The number of esters is 2. The summed E-state index contributed by atoms with van der Waals surface area (Å²) in [7, 11) is 5.90. The molecule has 0 N–H and O–H groups in total. The van der Waals surface area contributed by atoms with Gasteiger partial charge in [0.2, 0.25) is 0 Å². The summed E-state index contributed by atoms with van der Waals surface area (Å²) in [6, 6.07) is 0. The van der Waals surface area contributed by atoms with Gasteiger partial charge in [-0.25, -0.2) is 0 Å². The fourth-order valence-corrected chi connectivity index (χ4v) is 6.42. The van der Waals surface area contributed by atoms with Crippen molar-refractivity contribution in [3.63, 3.8) is 0 Å². The number of nitrogens with zero attached hydrogens (tertiary/aromatic N) is 1. The number of carbonyl (C=O) groups is 3. The highest BCUT2D eigenvalue weighted by Crippen LogP contribution is 2.14. The zero-order valence-corrected chi connectivity index (χ0v) is 40.2. The first-order chi connectivity index (χ1) is 30.1. The van der Waals surface area contributed by atoms with Crippen molar-refractivity contribution in [3.8, 4) is 0 Å². The molecule has 2 unspecified atom stereocenters. The third-order valence-corrected chi connectivity index (χ3v) is 10.2. The number of hydrogen-bond acceptors (Lipinski definition) is 8. The summed E-state index contributed by atoms with van der Waals surface area (Å²) in [6.45, 7) is 4.59. The van der Waals surface area contributed by atoms with Gasteiger partial charge in [-0.15, -0.1) is 0 Å². The van der Waals surface area contributed by atoms with Gasteiger partial charge in [-0.3, -0.25) is 9.59 Å². The van der Waals surface area contributed by atoms with Gasteiger partial charge in [-0.05, 0) is 64.2 Å². The van der Waals surface area contributed by atoms with E-state index in [2.05, 4.69) is 86.8 Å². The Balaban J connectivity index is 4.37. The Hall–Kier alpha value is -3.27. The van der Waals surface area contributed by atoms with E-state index in [1.807, 2.05) is 21.1 Å². The SMILES string of the molecule is CC/C=C\C/C=C\C/C=C\C/C=C\C/C=C\C/C=C\CCCCCCCCC(=O)OC(COC(=O)CCCCCCCCCCCCCC)COC(OCC[N+](C)(C)C)C(=O)[O-]. The predicted octanol–water partition coefficient (Wildman–Crippen LogP) is 12.2. The molecule has 0 aliphatic heterocycles. The van der Waals surface area contributed by atoms with Crippen LogP contribution in [-0.4, -0.2) is 82.3 Å². The van der Waals surface area contributed by atoms with Crippen LogP contribution in [0.2, 0.25) is 0 Å². The lowest BCUT2D eigenvalue weighted by atomic mass is 10.0. The highest BCUT2D eigenvalue weighted by Gasteiger charge is 2.21. The molecule has 9 nitrogen and oxygen atoms in total. The largest absolute Gasteiger partial charge is 0.545 e. The summed E-state index contributed by atoms with van der Waals surface area (Å²) in [5.74, 6) is -2.31. The molecule has 0 radical (unpaired) electrons. The molecule has 0 saturated carbocycles. The van der Waals surface area contributed by atoms with Crippen LogP contribution in [0.15, 0.2) is 72.9 Å². The Morgan fingerprint density at radius 1 is 0.500 bits per heavy atom. The van der Waals surface area contributed by atoms with E-state index in [4.69, 9.17) is 18.9 Å². The second-order valence-corrected chi connectivity index (χ2v) is 17.4. The summed E-state index contributed by atoms with van der Waals surface area (Å²) in [4.78, 5) is 37.0. The normalized spacial score (nSPS) is 13.5. The molecule has 0 saturated heterocycles. The monoisotopic (exact) mass is 870 g/mol. The molecular weight excluding hydrogens is 779 g/mol. The lowest BCUT2D eigenvalue weighted by Crippen LogP contribution is -2.44. The number of ether oxygens (including phenoxy) is 4. The number of allylic oxidation sites excluding steroid dienone is 12. The van der Waals surface area contributed by atoms with Gasteiger partial charge in [0, 0.05) is 12.8 Å². The summed E-state index contributed by atoms with van der Waals surface area (Å²) >= 11 is 0. The van der Waals surface area contributed by atoms with Crippen LogP contribution in [0, 0.1) is 0 Å². The summed E-state index contributed by atoms with van der Waals surface area (Å²) in [6.07, 6.45) is 52.2. The van der Waals surface area contributed by atoms with Gasteiger partial charge in [-0.1, -0.05) is 183 Å². The topological polar surface area (TPSA) is 111 Å². The molecule has 2 atom stereocenters. The van der Waals surface area contributed by atoms with Crippen molar-refractivity contribution in [2.45, 2.75) is 200 Å². The predicted molar refractivity (Wildman–Crippen MR) is 255 cm³/mol. The summed E-state index contributed by atoms with van der Waals surface area (Å²) < 4.78 is 22.6. The number of rotatable bonds is 44. The first-order valence-corrected chi connectivity index (χ1v) is 24.6. The van der Waals surface area contributed by atoms with Crippen LogP contribution in [-0.2, 0) is 33.3 Å². The molecule has 0 aromatic heterocycles. The minimum absolute atomic E-state index is 0.142. The number of aliphatic carboxylic acids is 1. The third kappa shape index (κ3) is 44.8. The van der Waals surface area contributed by atoms with E-state index < -0.39 is 24.3 Å². The standard InChI is InChI=1S/C53H91NO8/c1-6-8-10-12-14-16-18-20-21-22-23-24-25-26-27-28-29-30-31-32-34-36-38-40-42-44-51(56)62-49(48-61-53(52(57)58)59-46-45-54(3,4)5)47-60-50(55)43-41-39-37-35-33-19-17-15-13-11-9-7-2/h8,10,14,16,20-21,23-24,26-27,29-30,49,53H,6-7,9,11-13,15,17-19,22,25,28,31-48H2,1-5H3/b10-8-,16-14-,21-20-,24-23-,27-26-,30-29-. The Morgan fingerprint density at radius 3 is 1.37 bits per heavy atom. The molecule has 0 aliphatic rings. The first-order valence-electron chi connectivity index (χ1n) is 24.6. The van der Waals surface area contributed by atoms with Crippen LogP contribution in [0.4, 0.5) is 0 Å². The molecule has 0 aromatic rings. The van der Waals surface area contributed by atoms with Gasteiger partial charge in [0.1, 0.15) is 13.2 Å². The van der Waals surface area contributed by atoms with E-state index in [0.29, 0.717) is 17.4 Å². The van der Waals surface area contributed by atoms with Gasteiger partial charge in [0.25, 0.3) is 0 Å². The maximum Gasteiger partial charge on any atom is 0.306 e. The van der Waals surface area contributed by atoms with Crippen LogP contribution in [0.1, 0.15) is 187 Å². The molecule has 0 heterocycles. The Morgan fingerprint density at radius 2 is 0.919 bits per heavy atom. The number of quaternary nitrogens is 1. The fourth-order valence-electron chi connectivity index (χ4n) is 6.42. The van der Waals surface area contributed by atoms with Crippen molar-refractivity contribution in [3.05, 3.63) is 72.9 Å². The maximum absolute atomic E-state index is 12.8. The van der Waals surface area contributed by atoms with Gasteiger partial charge in [-0.2, -0.15) is 0 Å². The van der Waals surface area contributed by atoms with Crippen LogP contribution < -0.4 is 5.11 Å². The van der Waals surface area contributed by atoms with Crippen LogP contribution >= 0.6 is 0 Å². The molecule has 0 fully saturated rings. The van der Waals surface area contributed by atoms with Crippen molar-refractivity contribution < 1.29 is 42.9 Å². The van der Waals surface area contributed by atoms with Gasteiger partial charge in [0.15, 0.2) is 12.4 Å². The summed E-state index contributed by atoms with van der Waals surface area (Å²) in [5.41, 5.74) is 0. The lowest BCUT2D eigenvalue weighted by molar-refractivity contribution is -0.870. The summed E-state index contributed by atoms with van der Waals surface area (Å²) in [5, 5.41) is 11.7. The number of carboxylic acid groups (broad SMARTS) is 1. The molecule has 0 spiro atoms. The molecule has 0 rings (SSSR count). The van der Waals surface area contributed by atoms with Crippen molar-refractivity contribution >= 4 is 17.9 Å². The minimum atomic E-state index is -1.63. The second kappa shape index (κ2) is 44.3. The zero-order chi connectivity index (χ0) is 45.6. The van der Waals surface area contributed by atoms with Gasteiger partial charge in [0.05, 0.1) is 40.3 Å². The number of unbranched alkanes of at least 4 members (excludes halogenated alkanes) is 17. The van der Waals surface area contributed by atoms with E-state index >= 15 is 0 Å². The maximum atomic E-state index is 12.8. The van der Waals surface area contributed by atoms with E-state index in [-0.39, 0.29) is 38.6 Å². The lowest BCUT2D eigenvalue weighted by Gasteiger charge is -2.26. The molecule has 0 bridgehead atoms. The fraction of sp³-hybridized carbons (Fsp3) is 0.717. The smallest absolute Gasteiger partial charge is 0.306 e. The molecule has 356 valence electrons. The number of likely N-dealkylation sites (N-methyl/N-ethyl adjacent to an activating group) is 1. The van der Waals surface area contributed by atoms with E-state index in [9.17, 15) is 19.5 Å². The Labute approximate surface area is 379 Å². The number of carbonyl (C=O) groups excluding carboxylic acids is 3. The molecule has 0 aromatic carbocycles. The van der Waals surface area contributed by atoms with Crippen LogP contribution in [0.5, 0.6) is 0 Å². The average Bonchev–Trinajstić information content (AvgIpc) is 3.23. The van der Waals surface area contributed by atoms with Crippen molar-refractivity contribution in [2.24, 2.45) is 0 Å². The molecule has 9 heteroatoms. The molecular formula is C53H91NO8. The second-order valence-electron chi connectivity index (χ2n) is 17.4. The quantitative estimate of drug-likeness (QED) is 0.0196. The van der Waals surface area contributed by atoms with E-state index in [1.54, 1.807) is 0 Å². The Bertz CT molecular complexity index is 1240.